The van der Waals surface area contributed by atoms with Crippen molar-refractivity contribution < 1.29 is 4.79 Å². The molecule has 0 amide bonds. The number of carbonyl (C=O) groups is 1. The molecule has 1 aromatic carbocycles. The molecular weight excluding hydrogens is 240 g/mol. The summed E-state index contributed by atoms with van der Waals surface area (Å²) in [5, 5.41) is 0. The van der Waals surface area contributed by atoms with Crippen molar-refractivity contribution in [1.82, 2.24) is 0 Å². The number of hydrogen-bond donors (Lipinski definition) is 0. The Morgan fingerprint density at radius 1 is 1.50 bits per heavy atom. The number of ketones is 1. The number of hydrogen-bond acceptors (Lipinski definition) is 1. The van der Waals surface area contributed by atoms with Gasteiger partial charge in [0.15, 0.2) is 0 Å². The van der Waals surface area contributed by atoms with E-state index in [0.717, 1.165) is 23.7 Å². The average Bonchev–Trinajstić information content (AvgIpc) is 2.17. The molecule has 0 spiro atoms. The van der Waals surface area contributed by atoms with E-state index < -0.39 is 0 Å². The number of Topliss-reactive ketones (excluding diaryl/α,β-unsaturated/α-hetero) is 1. The molecule has 0 aliphatic heterocycles. The van der Waals surface area contributed by atoms with Gasteiger partial charge in [0.05, 0.1) is 0 Å². The second-order valence-corrected chi connectivity index (χ2v) is 4.72. The van der Waals surface area contributed by atoms with Gasteiger partial charge in [-0.3, -0.25) is 4.79 Å². The Labute approximate surface area is 92.6 Å². The fourth-order valence-corrected chi connectivity index (χ4v) is 2.92. The van der Waals surface area contributed by atoms with E-state index in [1.54, 1.807) is 6.92 Å². The first-order valence-corrected chi connectivity index (χ1v) is 5.77. The summed E-state index contributed by atoms with van der Waals surface area (Å²) in [6, 6.07) is 6.21. The van der Waals surface area contributed by atoms with Crippen LogP contribution in [0.5, 0.6) is 0 Å². The third-order valence-corrected chi connectivity index (χ3v) is 3.61. The van der Waals surface area contributed by atoms with Gasteiger partial charge in [0.2, 0.25) is 0 Å². The number of benzene rings is 1. The smallest absolute Gasteiger partial charge is 0.137 e. The van der Waals surface area contributed by atoms with Crippen molar-refractivity contribution >= 4 is 21.7 Å². The van der Waals surface area contributed by atoms with Crippen LogP contribution in [0, 0.1) is 0 Å². The van der Waals surface area contributed by atoms with Gasteiger partial charge in [-0.15, -0.1) is 0 Å². The van der Waals surface area contributed by atoms with Crippen LogP contribution in [0.1, 0.15) is 36.8 Å². The number of carbonyl (C=O) groups excluding carboxylic acids is 1. The summed E-state index contributed by atoms with van der Waals surface area (Å²) in [6.07, 6.45) is 3.25. The zero-order valence-electron chi connectivity index (χ0n) is 8.22. The molecule has 1 aromatic rings. The number of halogens is 1. The van der Waals surface area contributed by atoms with E-state index in [2.05, 4.69) is 22.0 Å². The molecule has 0 bridgehead atoms. The van der Waals surface area contributed by atoms with Gasteiger partial charge in [0.25, 0.3) is 0 Å². The lowest BCUT2D eigenvalue weighted by Gasteiger charge is -2.24. The molecule has 2 heteroatoms. The third kappa shape index (κ3) is 1.63. The quantitative estimate of drug-likeness (QED) is 0.749. The summed E-state index contributed by atoms with van der Waals surface area (Å²) in [7, 11) is 0. The average molecular weight is 253 g/mol. The highest BCUT2D eigenvalue weighted by molar-refractivity contribution is 9.10. The Morgan fingerprint density at radius 3 is 3.00 bits per heavy atom. The van der Waals surface area contributed by atoms with E-state index in [1.165, 1.54) is 11.1 Å². The van der Waals surface area contributed by atoms with Crippen molar-refractivity contribution in [3.63, 3.8) is 0 Å². The molecule has 14 heavy (non-hydrogen) atoms. The van der Waals surface area contributed by atoms with Gasteiger partial charge >= 0.3 is 0 Å². The largest absolute Gasteiger partial charge is 0.299 e. The molecule has 1 aliphatic carbocycles. The maximum Gasteiger partial charge on any atom is 0.137 e. The van der Waals surface area contributed by atoms with Gasteiger partial charge in [-0.1, -0.05) is 28.1 Å². The van der Waals surface area contributed by atoms with Crippen LogP contribution in [0.4, 0.5) is 0 Å². The van der Waals surface area contributed by atoms with Crippen LogP contribution in [0.15, 0.2) is 22.7 Å². The molecule has 1 atom stereocenters. The Kier molecular flexibility index (Phi) is 2.73. The minimum Gasteiger partial charge on any atom is -0.299 e. The first-order chi connectivity index (χ1) is 6.70. The standard InChI is InChI=1S/C12H13BrO/c1-8(14)10-6-2-4-9-5-3-7-11(13)12(9)10/h3,5,7,10H,2,4,6H2,1H3. The third-order valence-electron chi connectivity index (χ3n) is 2.92. The van der Waals surface area contributed by atoms with Gasteiger partial charge in [-0.2, -0.15) is 0 Å². The highest BCUT2D eigenvalue weighted by Crippen LogP contribution is 2.36. The Morgan fingerprint density at radius 2 is 2.29 bits per heavy atom. The first-order valence-electron chi connectivity index (χ1n) is 4.98. The highest BCUT2D eigenvalue weighted by Gasteiger charge is 2.25. The van der Waals surface area contributed by atoms with Gasteiger partial charge in [-0.05, 0) is 43.4 Å². The Hall–Kier alpha value is -0.630. The summed E-state index contributed by atoms with van der Waals surface area (Å²) in [4.78, 5) is 11.5. The number of aryl methyl sites for hydroxylation is 1. The van der Waals surface area contributed by atoms with Crippen LogP contribution < -0.4 is 0 Å². The van der Waals surface area contributed by atoms with Crippen LogP contribution in [0.3, 0.4) is 0 Å². The lowest BCUT2D eigenvalue weighted by atomic mass is 9.81. The number of rotatable bonds is 1. The minimum atomic E-state index is 0.120. The molecule has 0 saturated heterocycles. The molecule has 1 unspecified atom stereocenters. The second-order valence-electron chi connectivity index (χ2n) is 3.87. The van der Waals surface area contributed by atoms with Crippen LogP contribution in [-0.4, -0.2) is 5.78 Å². The summed E-state index contributed by atoms with van der Waals surface area (Å²) in [6.45, 7) is 1.69. The van der Waals surface area contributed by atoms with Gasteiger partial charge in [-0.25, -0.2) is 0 Å². The zero-order valence-corrected chi connectivity index (χ0v) is 9.80. The van der Waals surface area contributed by atoms with E-state index in [0.29, 0.717) is 0 Å². The predicted octanol–water partition coefficient (Wildman–Crippen LogP) is 3.46. The molecule has 1 aliphatic rings. The Bertz CT molecular complexity index is 371. The number of fused-ring (bicyclic) bond motifs is 1. The molecule has 0 saturated carbocycles. The maximum absolute atomic E-state index is 11.5. The molecule has 0 aromatic heterocycles. The minimum absolute atomic E-state index is 0.120. The normalized spacial score (nSPS) is 20.3. The van der Waals surface area contributed by atoms with Crippen molar-refractivity contribution in [3.05, 3.63) is 33.8 Å². The van der Waals surface area contributed by atoms with Gasteiger partial charge < -0.3 is 0 Å². The zero-order chi connectivity index (χ0) is 10.1. The highest BCUT2D eigenvalue weighted by atomic mass is 79.9. The fraction of sp³-hybridized carbons (Fsp3) is 0.417. The topological polar surface area (TPSA) is 17.1 Å². The molecule has 0 radical (unpaired) electrons. The Balaban J connectivity index is 2.52. The SMILES string of the molecule is CC(=O)C1CCCc2cccc(Br)c21. The van der Waals surface area contributed by atoms with Crippen molar-refractivity contribution in [2.45, 2.75) is 32.1 Å². The van der Waals surface area contributed by atoms with Crippen molar-refractivity contribution in [3.8, 4) is 0 Å². The van der Waals surface area contributed by atoms with Crippen LogP contribution >= 0.6 is 15.9 Å². The molecule has 74 valence electrons. The van der Waals surface area contributed by atoms with Crippen molar-refractivity contribution in [2.24, 2.45) is 0 Å². The van der Waals surface area contributed by atoms with E-state index in [1.807, 2.05) is 12.1 Å². The lowest BCUT2D eigenvalue weighted by molar-refractivity contribution is -0.118. The summed E-state index contributed by atoms with van der Waals surface area (Å²) in [5.41, 5.74) is 2.57. The molecule has 0 heterocycles. The monoisotopic (exact) mass is 252 g/mol. The predicted molar refractivity (Wildman–Crippen MR) is 60.5 cm³/mol. The maximum atomic E-state index is 11.5. The van der Waals surface area contributed by atoms with E-state index in [9.17, 15) is 4.79 Å². The van der Waals surface area contributed by atoms with E-state index in [4.69, 9.17) is 0 Å². The van der Waals surface area contributed by atoms with E-state index >= 15 is 0 Å². The second kappa shape index (κ2) is 3.85. The van der Waals surface area contributed by atoms with Gasteiger partial charge in [0.1, 0.15) is 5.78 Å². The van der Waals surface area contributed by atoms with Crippen LogP contribution in [0.2, 0.25) is 0 Å². The molecule has 0 fully saturated rings. The lowest BCUT2D eigenvalue weighted by Crippen LogP contribution is -2.16. The van der Waals surface area contributed by atoms with Crippen LogP contribution in [0.25, 0.3) is 0 Å². The summed E-state index contributed by atoms with van der Waals surface area (Å²) >= 11 is 3.54. The van der Waals surface area contributed by atoms with Crippen molar-refractivity contribution in [1.29, 1.82) is 0 Å². The van der Waals surface area contributed by atoms with Crippen LogP contribution in [-0.2, 0) is 11.2 Å². The van der Waals surface area contributed by atoms with E-state index in [-0.39, 0.29) is 11.7 Å². The molecule has 2 rings (SSSR count). The van der Waals surface area contributed by atoms with Crippen molar-refractivity contribution in [2.75, 3.05) is 0 Å². The molecule has 0 N–H and O–H groups in total. The summed E-state index contributed by atoms with van der Waals surface area (Å²) in [5.74, 6) is 0.409. The fourth-order valence-electron chi connectivity index (χ4n) is 2.24. The summed E-state index contributed by atoms with van der Waals surface area (Å²) < 4.78 is 1.09. The molecule has 1 nitrogen and oxygen atoms in total. The van der Waals surface area contributed by atoms with Gasteiger partial charge in [0, 0.05) is 10.4 Å². The first kappa shape index (κ1) is 9.91. The molecular formula is C12H13BrO.